The van der Waals surface area contributed by atoms with Crippen LogP contribution in [0.25, 0.3) is 0 Å². The third-order valence-corrected chi connectivity index (χ3v) is 7.40. The lowest BCUT2D eigenvalue weighted by Gasteiger charge is -2.57. The molecule has 1 aromatic carbocycles. The molecule has 0 radical (unpaired) electrons. The van der Waals surface area contributed by atoms with Gasteiger partial charge in [0.25, 0.3) is 0 Å². The quantitative estimate of drug-likeness (QED) is 0.239. The zero-order valence-corrected chi connectivity index (χ0v) is 18.3. The number of rotatable bonds is 5. The minimum atomic E-state index is -0.325. The van der Waals surface area contributed by atoms with E-state index in [9.17, 15) is 9.59 Å². The maximum atomic E-state index is 11.7. The Labute approximate surface area is 182 Å². The second-order valence-electron chi connectivity index (χ2n) is 9.18. The largest absolute Gasteiger partial charge is 0.463 e. The predicted molar refractivity (Wildman–Crippen MR) is 115 cm³/mol. The third kappa shape index (κ3) is 3.37. The first-order valence-electron chi connectivity index (χ1n) is 11.2. The molecule has 1 aromatic rings. The highest BCUT2D eigenvalue weighted by Gasteiger charge is 2.55. The van der Waals surface area contributed by atoms with E-state index < -0.39 is 0 Å². The molecule has 1 fully saturated rings. The molecular formula is C25H29NO5. The van der Waals surface area contributed by atoms with E-state index in [4.69, 9.17) is 14.2 Å². The smallest absolute Gasteiger partial charge is 0.330 e. The Morgan fingerprint density at radius 2 is 2.16 bits per heavy atom. The van der Waals surface area contributed by atoms with Crippen LogP contribution in [0.4, 0.5) is 0 Å². The van der Waals surface area contributed by atoms with Gasteiger partial charge in [0, 0.05) is 35.9 Å². The van der Waals surface area contributed by atoms with E-state index in [1.54, 1.807) is 6.08 Å². The van der Waals surface area contributed by atoms with Crippen molar-refractivity contribution in [3.8, 4) is 17.2 Å². The van der Waals surface area contributed by atoms with Crippen LogP contribution in [-0.4, -0.2) is 43.1 Å². The van der Waals surface area contributed by atoms with Crippen LogP contribution < -0.4 is 9.47 Å². The number of piperidine rings is 1. The van der Waals surface area contributed by atoms with Crippen LogP contribution >= 0.6 is 0 Å². The van der Waals surface area contributed by atoms with Crippen LogP contribution in [0.15, 0.2) is 30.4 Å². The Hall–Kier alpha value is -2.60. The Morgan fingerprint density at radius 3 is 2.94 bits per heavy atom. The maximum Gasteiger partial charge on any atom is 0.330 e. The van der Waals surface area contributed by atoms with Crippen molar-refractivity contribution in [1.29, 1.82) is 0 Å². The lowest BCUT2D eigenvalue weighted by molar-refractivity contribution is -0.137. The molecule has 1 unspecified atom stereocenters. The summed E-state index contributed by atoms with van der Waals surface area (Å²) < 4.78 is 16.3. The van der Waals surface area contributed by atoms with Gasteiger partial charge in [-0.15, -0.1) is 0 Å². The van der Waals surface area contributed by atoms with Crippen molar-refractivity contribution in [2.75, 3.05) is 20.2 Å². The number of ether oxygens (including phenoxy) is 3. The van der Waals surface area contributed by atoms with Gasteiger partial charge in [-0.2, -0.15) is 0 Å². The average Bonchev–Trinajstić information content (AvgIpc) is 3.52. The van der Waals surface area contributed by atoms with Gasteiger partial charge in [-0.3, -0.25) is 4.79 Å². The Morgan fingerprint density at radius 1 is 1.32 bits per heavy atom. The van der Waals surface area contributed by atoms with Crippen molar-refractivity contribution >= 4 is 11.9 Å². The van der Waals surface area contributed by atoms with E-state index >= 15 is 0 Å². The van der Waals surface area contributed by atoms with Crippen molar-refractivity contribution in [3.63, 3.8) is 0 Å². The highest BCUT2D eigenvalue weighted by atomic mass is 16.6. The molecule has 31 heavy (non-hydrogen) atoms. The lowest BCUT2D eigenvalue weighted by Crippen LogP contribution is -2.59. The molecule has 2 aliphatic heterocycles. The molecule has 4 atom stereocenters. The molecule has 1 saturated heterocycles. The molecule has 2 heterocycles. The van der Waals surface area contributed by atoms with Gasteiger partial charge in [0.05, 0.1) is 6.61 Å². The number of fused-ring (bicyclic) bond motifs is 3. The summed E-state index contributed by atoms with van der Waals surface area (Å²) in [5, 5.41) is 0. The SMILES string of the molecule is CCOC(=O)/C=C/CC1C=C[C@H]2[C@H]3Cc4c(cc(OC(C)=O)c5c4O5)[C@@]2(CCN3C)C1. The molecular weight excluding hydrogens is 394 g/mol. The maximum absolute atomic E-state index is 11.7. The van der Waals surface area contributed by atoms with Crippen LogP contribution in [0, 0.1) is 11.8 Å². The van der Waals surface area contributed by atoms with E-state index in [1.165, 1.54) is 18.1 Å². The van der Waals surface area contributed by atoms with Crippen molar-refractivity contribution in [2.45, 2.75) is 51.0 Å². The highest BCUT2D eigenvalue weighted by molar-refractivity contribution is 5.81. The van der Waals surface area contributed by atoms with Gasteiger partial charge in [0.15, 0.2) is 11.5 Å². The lowest BCUT2D eigenvalue weighted by atomic mass is 9.52. The second kappa shape index (κ2) is 7.52. The molecule has 4 aliphatic rings. The van der Waals surface area contributed by atoms with Crippen LogP contribution in [-0.2, 0) is 26.2 Å². The molecule has 5 rings (SSSR count). The number of allylic oxidation sites excluding steroid dienone is 2. The number of benzene rings is 1. The van der Waals surface area contributed by atoms with Crippen molar-refractivity contribution < 1.29 is 23.8 Å². The number of likely N-dealkylation sites (tertiary alicyclic amines) is 1. The zero-order chi connectivity index (χ0) is 21.8. The first-order valence-corrected chi connectivity index (χ1v) is 11.2. The molecule has 6 heteroatoms. The first-order chi connectivity index (χ1) is 14.9. The number of nitrogens with zero attached hydrogens (tertiary/aromatic N) is 1. The van der Waals surface area contributed by atoms with Gasteiger partial charge in [-0.1, -0.05) is 18.2 Å². The summed E-state index contributed by atoms with van der Waals surface area (Å²) in [4.78, 5) is 25.8. The van der Waals surface area contributed by atoms with Gasteiger partial charge < -0.3 is 19.1 Å². The minimum Gasteiger partial charge on any atom is -0.463 e. The van der Waals surface area contributed by atoms with Crippen molar-refractivity contribution in [2.24, 2.45) is 11.8 Å². The predicted octanol–water partition coefficient (Wildman–Crippen LogP) is 3.92. The average molecular weight is 424 g/mol. The van der Waals surface area contributed by atoms with Gasteiger partial charge in [0.2, 0.25) is 5.75 Å². The number of esters is 2. The molecule has 0 amide bonds. The monoisotopic (exact) mass is 423 g/mol. The summed E-state index contributed by atoms with van der Waals surface area (Å²) in [5.41, 5.74) is 2.57. The standard InChI is InChI=1S/C25H29NO5/c1-4-29-22(28)7-5-6-16-8-9-18-20-12-17-19(25(18,14-16)10-11-26(20)3)13-21(30-15(2)27)24-23(17)31-24/h5,7-9,13,16,18,20H,4,6,10-12,14H2,1-3H3/b7-5+/t16?,18-,20+,25-/m0/s1. The fourth-order valence-corrected chi connectivity index (χ4v) is 6.04. The molecule has 2 bridgehead atoms. The second-order valence-corrected chi connectivity index (χ2v) is 9.18. The van der Waals surface area contributed by atoms with Crippen LogP contribution in [0.5, 0.6) is 17.2 Å². The number of carbonyl (C=O) groups excluding carboxylic acids is 2. The van der Waals surface area contributed by atoms with Gasteiger partial charge in [-0.05, 0) is 63.7 Å². The van der Waals surface area contributed by atoms with Crippen LogP contribution in [0.3, 0.4) is 0 Å². The number of likely N-dealkylation sites (N-methyl/N-ethyl adjacent to an activating group) is 1. The van der Waals surface area contributed by atoms with E-state index in [0.29, 0.717) is 30.2 Å². The van der Waals surface area contributed by atoms with E-state index in [1.807, 2.05) is 13.0 Å². The summed E-state index contributed by atoms with van der Waals surface area (Å²) >= 11 is 0. The van der Waals surface area contributed by atoms with Crippen LogP contribution in [0.2, 0.25) is 0 Å². The Balaban J connectivity index is 1.49. The molecule has 164 valence electrons. The summed E-state index contributed by atoms with van der Waals surface area (Å²) in [6, 6.07) is 2.52. The number of hydrogen-bond acceptors (Lipinski definition) is 6. The normalized spacial score (nSPS) is 30.1. The fraction of sp³-hybridized carbons (Fsp3) is 0.520. The van der Waals surface area contributed by atoms with Crippen molar-refractivity contribution in [1.82, 2.24) is 4.90 Å². The summed E-state index contributed by atoms with van der Waals surface area (Å²) in [5.74, 6) is 2.36. The molecule has 0 spiro atoms. The highest BCUT2D eigenvalue weighted by Crippen LogP contribution is 2.64. The van der Waals surface area contributed by atoms with E-state index in [2.05, 4.69) is 30.2 Å². The van der Waals surface area contributed by atoms with E-state index in [-0.39, 0.29) is 17.4 Å². The van der Waals surface area contributed by atoms with E-state index in [0.717, 1.165) is 43.7 Å². The molecule has 6 nitrogen and oxygen atoms in total. The van der Waals surface area contributed by atoms with Crippen LogP contribution in [0.1, 0.15) is 44.2 Å². The molecule has 0 N–H and O–H groups in total. The molecule has 0 aromatic heterocycles. The number of carbonyl (C=O) groups is 2. The fourth-order valence-electron chi connectivity index (χ4n) is 6.04. The minimum absolute atomic E-state index is 0.00216. The Kier molecular flexibility index (Phi) is 4.93. The molecule has 2 aliphatic carbocycles. The molecule has 0 saturated carbocycles. The summed E-state index contributed by atoms with van der Waals surface area (Å²) in [7, 11) is 2.22. The van der Waals surface area contributed by atoms with Gasteiger partial charge in [-0.25, -0.2) is 4.79 Å². The van der Waals surface area contributed by atoms with Gasteiger partial charge >= 0.3 is 11.9 Å². The Bertz CT molecular complexity index is 996. The number of hydrogen-bond donors (Lipinski definition) is 0. The zero-order valence-electron chi connectivity index (χ0n) is 18.3. The summed E-state index contributed by atoms with van der Waals surface area (Å²) in [6.07, 6.45) is 12.0. The summed E-state index contributed by atoms with van der Waals surface area (Å²) in [6.45, 7) is 4.67. The topological polar surface area (TPSA) is 68.4 Å². The first kappa shape index (κ1) is 20.3. The van der Waals surface area contributed by atoms with Gasteiger partial charge in [0.1, 0.15) is 0 Å². The third-order valence-electron chi connectivity index (χ3n) is 7.40. The van der Waals surface area contributed by atoms with Crippen molar-refractivity contribution in [3.05, 3.63) is 41.5 Å².